The van der Waals surface area contributed by atoms with Crippen molar-refractivity contribution in [1.82, 2.24) is 5.32 Å². The van der Waals surface area contributed by atoms with Gasteiger partial charge < -0.3 is 14.8 Å². The Labute approximate surface area is 103 Å². The van der Waals surface area contributed by atoms with E-state index in [4.69, 9.17) is 4.74 Å². The molecule has 1 aromatic rings. The van der Waals surface area contributed by atoms with Gasteiger partial charge in [-0.25, -0.2) is 8.78 Å². The standard InChI is InChI=1S/C12H13F2NO3/c1-17-12(16)10-5-7(6-15-10)18-11-8(13)3-2-4-9(11)14/h2-4,7,10,15H,5-6H2,1H3/t7-,10+/m1/s1. The molecule has 1 aromatic carbocycles. The summed E-state index contributed by atoms with van der Waals surface area (Å²) in [6, 6.07) is 3.02. The predicted molar refractivity (Wildman–Crippen MR) is 59.2 cm³/mol. The fourth-order valence-electron chi connectivity index (χ4n) is 1.88. The first kappa shape index (κ1) is 12.8. The Bertz CT molecular complexity index is 433. The van der Waals surface area contributed by atoms with Gasteiger partial charge in [0.15, 0.2) is 17.4 Å². The van der Waals surface area contributed by atoms with E-state index < -0.39 is 35.5 Å². The zero-order valence-electron chi connectivity index (χ0n) is 9.78. The van der Waals surface area contributed by atoms with Crippen LogP contribution in [0.15, 0.2) is 18.2 Å². The van der Waals surface area contributed by atoms with E-state index in [1.165, 1.54) is 13.2 Å². The molecule has 1 saturated heterocycles. The molecule has 6 heteroatoms. The van der Waals surface area contributed by atoms with Crippen molar-refractivity contribution in [2.75, 3.05) is 13.7 Å². The molecule has 4 nitrogen and oxygen atoms in total. The normalized spacial score (nSPS) is 22.8. The first-order chi connectivity index (χ1) is 8.61. The number of esters is 1. The van der Waals surface area contributed by atoms with Crippen LogP contribution in [0.5, 0.6) is 5.75 Å². The highest BCUT2D eigenvalue weighted by Crippen LogP contribution is 2.24. The topological polar surface area (TPSA) is 47.6 Å². The van der Waals surface area contributed by atoms with Gasteiger partial charge in [-0.3, -0.25) is 4.79 Å². The molecule has 2 rings (SSSR count). The minimum absolute atomic E-state index is 0.320. The highest BCUT2D eigenvalue weighted by molar-refractivity contribution is 5.76. The third-order valence-corrected chi connectivity index (χ3v) is 2.78. The van der Waals surface area contributed by atoms with E-state index in [1.807, 2.05) is 0 Å². The third kappa shape index (κ3) is 2.59. The summed E-state index contributed by atoms with van der Waals surface area (Å²) in [5.74, 6) is -2.32. The number of hydrogen-bond donors (Lipinski definition) is 1. The summed E-state index contributed by atoms with van der Waals surface area (Å²) >= 11 is 0. The lowest BCUT2D eigenvalue weighted by Crippen LogP contribution is -2.31. The molecule has 1 heterocycles. The van der Waals surface area contributed by atoms with Crippen LogP contribution in [0.2, 0.25) is 0 Å². The van der Waals surface area contributed by atoms with Crippen LogP contribution in [0.4, 0.5) is 8.78 Å². The van der Waals surface area contributed by atoms with Gasteiger partial charge in [0.2, 0.25) is 0 Å². The lowest BCUT2D eigenvalue weighted by atomic mass is 10.2. The lowest BCUT2D eigenvalue weighted by molar-refractivity contribution is -0.142. The van der Waals surface area contributed by atoms with E-state index in [2.05, 4.69) is 10.1 Å². The monoisotopic (exact) mass is 257 g/mol. The Morgan fingerprint density at radius 3 is 2.67 bits per heavy atom. The average Bonchev–Trinajstić information content (AvgIpc) is 2.81. The van der Waals surface area contributed by atoms with Gasteiger partial charge in [-0.2, -0.15) is 0 Å². The first-order valence-corrected chi connectivity index (χ1v) is 5.53. The molecule has 1 aliphatic heterocycles. The molecule has 0 saturated carbocycles. The van der Waals surface area contributed by atoms with Crippen molar-refractivity contribution in [3.8, 4) is 5.75 Å². The van der Waals surface area contributed by atoms with E-state index >= 15 is 0 Å². The quantitative estimate of drug-likeness (QED) is 0.828. The minimum atomic E-state index is -0.753. The number of carbonyl (C=O) groups is 1. The number of para-hydroxylation sites is 1. The van der Waals surface area contributed by atoms with Crippen LogP contribution in [0.1, 0.15) is 6.42 Å². The average molecular weight is 257 g/mol. The van der Waals surface area contributed by atoms with Gasteiger partial charge in [-0.05, 0) is 12.1 Å². The smallest absolute Gasteiger partial charge is 0.323 e. The molecular formula is C12H13F2NO3. The molecule has 1 N–H and O–H groups in total. The molecule has 0 spiro atoms. The lowest BCUT2D eigenvalue weighted by Gasteiger charge is -2.13. The second kappa shape index (κ2) is 5.30. The summed E-state index contributed by atoms with van der Waals surface area (Å²) in [5.41, 5.74) is 0. The fourth-order valence-corrected chi connectivity index (χ4v) is 1.88. The Morgan fingerprint density at radius 1 is 1.39 bits per heavy atom. The summed E-state index contributed by atoms with van der Waals surface area (Å²) in [4.78, 5) is 11.3. The van der Waals surface area contributed by atoms with E-state index in [0.29, 0.717) is 13.0 Å². The Hall–Kier alpha value is -1.69. The summed E-state index contributed by atoms with van der Waals surface area (Å²) in [6.45, 7) is 0.341. The number of methoxy groups -OCH3 is 1. The minimum Gasteiger partial charge on any atom is -0.483 e. The molecular weight excluding hydrogens is 244 g/mol. The molecule has 2 atom stereocenters. The van der Waals surface area contributed by atoms with Crippen LogP contribution in [0, 0.1) is 11.6 Å². The van der Waals surface area contributed by atoms with E-state index in [9.17, 15) is 13.6 Å². The second-order valence-electron chi connectivity index (χ2n) is 4.01. The molecule has 98 valence electrons. The van der Waals surface area contributed by atoms with Crippen molar-refractivity contribution in [1.29, 1.82) is 0 Å². The number of carbonyl (C=O) groups excluding carboxylic acids is 1. The zero-order chi connectivity index (χ0) is 13.1. The molecule has 18 heavy (non-hydrogen) atoms. The molecule has 1 aliphatic rings. The van der Waals surface area contributed by atoms with Crippen molar-refractivity contribution in [3.63, 3.8) is 0 Å². The van der Waals surface area contributed by atoms with Gasteiger partial charge in [-0.1, -0.05) is 6.07 Å². The number of rotatable bonds is 3. The second-order valence-corrected chi connectivity index (χ2v) is 4.01. The molecule has 0 aromatic heterocycles. The Kier molecular flexibility index (Phi) is 3.76. The van der Waals surface area contributed by atoms with Gasteiger partial charge >= 0.3 is 5.97 Å². The van der Waals surface area contributed by atoms with Crippen LogP contribution < -0.4 is 10.1 Å². The summed E-state index contributed by atoms with van der Waals surface area (Å²) in [6.07, 6.45) is -0.138. The zero-order valence-corrected chi connectivity index (χ0v) is 9.78. The first-order valence-electron chi connectivity index (χ1n) is 5.53. The Balaban J connectivity index is 2.02. The summed E-state index contributed by atoms with van der Waals surface area (Å²) in [7, 11) is 1.29. The highest BCUT2D eigenvalue weighted by Gasteiger charge is 2.32. The van der Waals surface area contributed by atoms with Gasteiger partial charge in [0.1, 0.15) is 12.1 Å². The fraction of sp³-hybridized carbons (Fsp3) is 0.417. The maximum absolute atomic E-state index is 13.3. The van der Waals surface area contributed by atoms with Crippen molar-refractivity contribution in [2.24, 2.45) is 0 Å². The third-order valence-electron chi connectivity index (χ3n) is 2.78. The molecule has 0 unspecified atom stereocenters. The van der Waals surface area contributed by atoms with Gasteiger partial charge in [0.25, 0.3) is 0 Å². The number of benzene rings is 1. The van der Waals surface area contributed by atoms with Crippen LogP contribution in [0.3, 0.4) is 0 Å². The van der Waals surface area contributed by atoms with E-state index in [-0.39, 0.29) is 0 Å². The van der Waals surface area contributed by atoms with Gasteiger partial charge in [-0.15, -0.1) is 0 Å². The molecule has 0 bridgehead atoms. The van der Waals surface area contributed by atoms with Crippen LogP contribution in [-0.2, 0) is 9.53 Å². The van der Waals surface area contributed by atoms with E-state index in [0.717, 1.165) is 12.1 Å². The van der Waals surface area contributed by atoms with Crippen LogP contribution in [0.25, 0.3) is 0 Å². The van der Waals surface area contributed by atoms with Crippen molar-refractivity contribution in [2.45, 2.75) is 18.6 Å². The number of nitrogens with one attached hydrogen (secondary N) is 1. The predicted octanol–water partition coefficient (Wildman–Crippen LogP) is 1.25. The summed E-state index contributed by atoms with van der Waals surface area (Å²) < 4.78 is 36.5. The number of ether oxygens (including phenoxy) is 2. The molecule has 1 fully saturated rings. The molecule has 0 radical (unpaired) electrons. The van der Waals surface area contributed by atoms with Crippen molar-refractivity contribution < 1.29 is 23.0 Å². The van der Waals surface area contributed by atoms with Crippen LogP contribution in [-0.4, -0.2) is 31.8 Å². The number of halogens is 2. The SMILES string of the molecule is COC(=O)[C@@H]1C[C@@H](Oc2c(F)cccc2F)CN1. The maximum Gasteiger partial charge on any atom is 0.323 e. The Morgan fingerprint density at radius 2 is 2.06 bits per heavy atom. The van der Waals surface area contributed by atoms with Crippen LogP contribution >= 0.6 is 0 Å². The summed E-state index contributed by atoms with van der Waals surface area (Å²) in [5, 5.41) is 2.87. The van der Waals surface area contributed by atoms with Gasteiger partial charge in [0, 0.05) is 13.0 Å². The van der Waals surface area contributed by atoms with E-state index in [1.54, 1.807) is 0 Å². The largest absolute Gasteiger partial charge is 0.483 e. The van der Waals surface area contributed by atoms with Gasteiger partial charge in [0.05, 0.1) is 7.11 Å². The molecule has 0 amide bonds. The maximum atomic E-state index is 13.3. The number of hydrogen-bond acceptors (Lipinski definition) is 4. The molecule has 0 aliphatic carbocycles. The van der Waals surface area contributed by atoms with Crippen molar-refractivity contribution in [3.05, 3.63) is 29.8 Å². The highest BCUT2D eigenvalue weighted by atomic mass is 19.1. The van der Waals surface area contributed by atoms with Crippen molar-refractivity contribution >= 4 is 5.97 Å².